The van der Waals surface area contributed by atoms with Crippen LogP contribution in [0, 0.1) is 11.8 Å². The van der Waals surface area contributed by atoms with Crippen molar-refractivity contribution in [2.45, 2.75) is 69.8 Å². The lowest BCUT2D eigenvalue weighted by atomic mass is 9.77. The molecule has 126 valence electrons. The van der Waals surface area contributed by atoms with Crippen LogP contribution in [0.2, 0.25) is 0 Å². The van der Waals surface area contributed by atoms with Gasteiger partial charge in [-0.2, -0.15) is 0 Å². The molecule has 5 heteroatoms. The third-order valence-corrected chi connectivity index (χ3v) is 5.77. The van der Waals surface area contributed by atoms with E-state index in [4.69, 9.17) is 9.47 Å². The molecule has 3 aliphatic heterocycles. The van der Waals surface area contributed by atoms with Crippen molar-refractivity contribution in [3.05, 3.63) is 12.2 Å². The van der Waals surface area contributed by atoms with E-state index in [0.717, 1.165) is 12.8 Å². The smallest absolute Gasteiger partial charge is 0.313 e. The van der Waals surface area contributed by atoms with Gasteiger partial charge in [0, 0.05) is 6.04 Å². The Kier molecular flexibility index (Phi) is 3.52. The molecule has 5 nitrogen and oxygen atoms in total. The highest BCUT2D eigenvalue weighted by molar-refractivity contribution is 5.91. The zero-order valence-corrected chi connectivity index (χ0v) is 13.9. The Morgan fingerprint density at radius 2 is 2.09 bits per heavy atom. The van der Waals surface area contributed by atoms with Gasteiger partial charge in [0.15, 0.2) is 0 Å². The Morgan fingerprint density at radius 1 is 1.35 bits per heavy atom. The lowest BCUT2D eigenvalue weighted by Gasteiger charge is -2.32. The quantitative estimate of drug-likeness (QED) is 0.590. The monoisotopic (exact) mass is 319 g/mol. The normalized spacial score (nSPS) is 39.3. The Morgan fingerprint density at radius 3 is 2.78 bits per heavy atom. The Balaban J connectivity index is 1.59. The first-order valence-electron chi connectivity index (χ1n) is 8.90. The summed E-state index contributed by atoms with van der Waals surface area (Å²) in [6.45, 7) is 4.27. The molecule has 0 aromatic carbocycles. The summed E-state index contributed by atoms with van der Waals surface area (Å²) in [5.41, 5.74) is -0.597. The van der Waals surface area contributed by atoms with E-state index in [1.807, 2.05) is 30.9 Å². The number of carbonyl (C=O) groups is 2. The first kappa shape index (κ1) is 15.2. The average Bonchev–Trinajstić information content (AvgIpc) is 3.16. The number of ether oxygens (including phenoxy) is 2. The first-order valence-corrected chi connectivity index (χ1v) is 8.90. The number of esters is 1. The van der Waals surface area contributed by atoms with Gasteiger partial charge in [0.2, 0.25) is 5.91 Å². The van der Waals surface area contributed by atoms with Gasteiger partial charge >= 0.3 is 5.97 Å². The summed E-state index contributed by atoms with van der Waals surface area (Å²) in [6, 6.07) is 0.314. The molecule has 2 bridgehead atoms. The zero-order chi connectivity index (χ0) is 16.2. The molecular weight excluding hydrogens is 294 g/mol. The summed E-state index contributed by atoms with van der Waals surface area (Å²) in [6.07, 6.45) is 9.26. The van der Waals surface area contributed by atoms with Crippen molar-refractivity contribution in [2.75, 3.05) is 6.54 Å². The molecule has 1 aliphatic carbocycles. The predicted octanol–water partition coefficient (Wildman–Crippen LogP) is 2.05. The molecular formula is C18H25NO4. The summed E-state index contributed by atoms with van der Waals surface area (Å²) < 4.78 is 11.5. The third kappa shape index (κ3) is 2.24. The van der Waals surface area contributed by atoms with Gasteiger partial charge in [0.25, 0.3) is 0 Å². The van der Waals surface area contributed by atoms with E-state index in [1.54, 1.807) is 0 Å². The van der Waals surface area contributed by atoms with Crippen LogP contribution >= 0.6 is 0 Å². The average molecular weight is 319 g/mol. The summed E-state index contributed by atoms with van der Waals surface area (Å²) in [5, 5.41) is 0. The predicted molar refractivity (Wildman–Crippen MR) is 83.5 cm³/mol. The molecule has 0 radical (unpaired) electrons. The molecule has 0 N–H and O–H groups in total. The summed E-state index contributed by atoms with van der Waals surface area (Å²) in [5.74, 6) is -1.08. The van der Waals surface area contributed by atoms with Gasteiger partial charge in [-0.05, 0) is 26.7 Å². The lowest BCUT2D eigenvalue weighted by molar-refractivity contribution is -0.157. The molecule has 3 heterocycles. The fourth-order valence-corrected chi connectivity index (χ4v) is 4.81. The van der Waals surface area contributed by atoms with Crippen LogP contribution in [0.4, 0.5) is 0 Å². The fourth-order valence-electron chi connectivity index (χ4n) is 4.81. The van der Waals surface area contributed by atoms with Gasteiger partial charge in [-0.15, -0.1) is 0 Å². The van der Waals surface area contributed by atoms with E-state index in [-0.39, 0.29) is 24.1 Å². The molecule has 2 saturated heterocycles. The molecule has 3 fully saturated rings. The van der Waals surface area contributed by atoms with E-state index >= 15 is 0 Å². The van der Waals surface area contributed by atoms with Crippen LogP contribution in [-0.2, 0) is 19.1 Å². The first-order chi connectivity index (χ1) is 11.0. The van der Waals surface area contributed by atoms with Crippen molar-refractivity contribution in [1.82, 2.24) is 4.90 Å². The Bertz CT molecular complexity index is 551. The maximum absolute atomic E-state index is 13.1. The number of rotatable bonds is 3. The van der Waals surface area contributed by atoms with Crippen LogP contribution in [0.1, 0.15) is 46.0 Å². The van der Waals surface area contributed by atoms with E-state index in [1.165, 1.54) is 19.3 Å². The Hall–Kier alpha value is -1.36. The largest absolute Gasteiger partial charge is 0.463 e. The van der Waals surface area contributed by atoms with Crippen LogP contribution in [0.5, 0.6) is 0 Å². The second-order valence-electron chi connectivity index (χ2n) is 7.64. The Labute approximate surface area is 137 Å². The molecule has 1 amide bonds. The minimum atomic E-state index is -0.597. The summed E-state index contributed by atoms with van der Waals surface area (Å²) in [4.78, 5) is 27.6. The van der Waals surface area contributed by atoms with Crippen LogP contribution in [-0.4, -0.2) is 47.2 Å². The van der Waals surface area contributed by atoms with E-state index in [2.05, 4.69) is 0 Å². The lowest BCUT2D eigenvalue weighted by Crippen LogP contribution is -2.42. The maximum Gasteiger partial charge on any atom is 0.313 e. The van der Waals surface area contributed by atoms with Gasteiger partial charge in [0.1, 0.15) is 11.5 Å². The SMILES string of the molecule is CC(C)OC(=O)[C@H]1[C@@H]2C=C[C@]3(CN(C4CCCCC4)C(=O)[C@H]13)O2. The number of nitrogens with zero attached hydrogens (tertiary/aromatic N) is 1. The van der Waals surface area contributed by atoms with Crippen molar-refractivity contribution in [1.29, 1.82) is 0 Å². The molecule has 4 rings (SSSR count). The highest BCUT2D eigenvalue weighted by Crippen LogP contribution is 2.53. The number of likely N-dealkylation sites (tertiary alicyclic amines) is 1. The van der Waals surface area contributed by atoms with Gasteiger partial charge in [-0.3, -0.25) is 9.59 Å². The fraction of sp³-hybridized carbons (Fsp3) is 0.778. The summed E-state index contributed by atoms with van der Waals surface area (Å²) >= 11 is 0. The molecule has 4 atom stereocenters. The van der Waals surface area contributed by atoms with Gasteiger partial charge in [-0.1, -0.05) is 31.4 Å². The number of amides is 1. The minimum absolute atomic E-state index is 0.0921. The topological polar surface area (TPSA) is 55.8 Å². The van der Waals surface area contributed by atoms with Crippen molar-refractivity contribution < 1.29 is 19.1 Å². The standard InChI is InChI=1S/C18H25NO4/c1-11(2)22-17(21)14-13-8-9-18(23-13)10-19(16(20)15(14)18)12-6-4-3-5-7-12/h8-9,11-15H,3-7,10H2,1-2H3/t13-,14-,15-,18+/m0/s1. The number of hydrogen-bond acceptors (Lipinski definition) is 4. The summed E-state index contributed by atoms with van der Waals surface area (Å²) in [7, 11) is 0. The molecule has 0 aromatic heterocycles. The molecule has 0 aromatic rings. The maximum atomic E-state index is 13.1. The van der Waals surface area contributed by atoms with E-state index < -0.39 is 17.4 Å². The van der Waals surface area contributed by atoms with Crippen LogP contribution in [0.25, 0.3) is 0 Å². The number of carbonyl (C=O) groups excluding carboxylic acids is 2. The van der Waals surface area contributed by atoms with E-state index in [0.29, 0.717) is 12.6 Å². The second-order valence-corrected chi connectivity index (χ2v) is 7.64. The van der Waals surface area contributed by atoms with Crippen LogP contribution < -0.4 is 0 Å². The third-order valence-electron chi connectivity index (χ3n) is 5.77. The van der Waals surface area contributed by atoms with Crippen molar-refractivity contribution in [2.24, 2.45) is 11.8 Å². The molecule has 1 spiro atoms. The van der Waals surface area contributed by atoms with Crippen LogP contribution in [0.3, 0.4) is 0 Å². The van der Waals surface area contributed by atoms with Gasteiger partial charge in [-0.25, -0.2) is 0 Å². The van der Waals surface area contributed by atoms with Crippen molar-refractivity contribution in [3.63, 3.8) is 0 Å². The molecule has 1 saturated carbocycles. The highest BCUT2D eigenvalue weighted by Gasteiger charge is 2.67. The van der Waals surface area contributed by atoms with Crippen molar-refractivity contribution >= 4 is 11.9 Å². The number of fused-ring (bicyclic) bond motifs is 1. The highest BCUT2D eigenvalue weighted by atomic mass is 16.6. The van der Waals surface area contributed by atoms with E-state index in [9.17, 15) is 9.59 Å². The second kappa shape index (κ2) is 5.33. The molecule has 4 aliphatic rings. The molecule has 23 heavy (non-hydrogen) atoms. The molecule has 0 unspecified atom stereocenters. The van der Waals surface area contributed by atoms with Gasteiger partial charge < -0.3 is 14.4 Å². The van der Waals surface area contributed by atoms with Crippen LogP contribution in [0.15, 0.2) is 12.2 Å². The number of hydrogen-bond donors (Lipinski definition) is 0. The zero-order valence-electron chi connectivity index (χ0n) is 13.9. The van der Waals surface area contributed by atoms with Crippen molar-refractivity contribution in [3.8, 4) is 0 Å². The van der Waals surface area contributed by atoms with Gasteiger partial charge in [0.05, 0.1) is 24.7 Å². The minimum Gasteiger partial charge on any atom is -0.463 e.